The maximum atomic E-state index is 13.2. The molecule has 3 nitrogen and oxygen atoms in total. The van der Waals surface area contributed by atoms with Crippen LogP contribution in [0.3, 0.4) is 0 Å². The lowest BCUT2D eigenvalue weighted by atomic mass is 10.2. The smallest absolute Gasteiger partial charge is 0.207 e. The number of benzene rings is 3. The second-order valence-electron chi connectivity index (χ2n) is 5.70. The maximum Gasteiger partial charge on any atom is 0.243 e. The molecule has 0 bridgehead atoms. The van der Waals surface area contributed by atoms with Crippen LogP contribution < -0.4 is 0 Å². The minimum Gasteiger partial charge on any atom is -0.207 e. The van der Waals surface area contributed by atoms with Gasteiger partial charge in [-0.25, -0.2) is 12.8 Å². The van der Waals surface area contributed by atoms with Gasteiger partial charge in [-0.05, 0) is 35.4 Å². The summed E-state index contributed by atoms with van der Waals surface area (Å²) in [6, 6.07) is 23.8. The third-order valence-corrected chi connectivity index (χ3v) is 5.66. The van der Waals surface area contributed by atoms with E-state index in [0.717, 1.165) is 23.3 Å². The van der Waals surface area contributed by atoms with Crippen LogP contribution in [0.2, 0.25) is 0 Å². The number of sulfonamides is 1. The molecule has 0 atom stereocenters. The molecule has 0 aromatic heterocycles. The summed E-state index contributed by atoms with van der Waals surface area (Å²) in [5.41, 5.74) is 1.79. The molecule has 0 spiro atoms. The minimum atomic E-state index is -3.75. The molecule has 0 radical (unpaired) electrons. The largest absolute Gasteiger partial charge is 0.243 e. The van der Waals surface area contributed by atoms with Crippen molar-refractivity contribution in [3.63, 3.8) is 0 Å². The van der Waals surface area contributed by atoms with Gasteiger partial charge in [-0.15, -0.1) is 0 Å². The van der Waals surface area contributed by atoms with Gasteiger partial charge >= 0.3 is 0 Å². The maximum absolute atomic E-state index is 13.2. The highest BCUT2D eigenvalue weighted by Gasteiger charge is 2.25. The number of hydrogen-bond donors (Lipinski definition) is 0. The molecule has 0 aliphatic heterocycles. The fraction of sp³-hybridized carbons (Fsp3) is 0.100. The summed E-state index contributed by atoms with van der Waals surface area (Å²) >= 11 is 0. The van der Waals surface area contributed by atoms with Gasteiger partial charge in [0.25, 0.3) is 0 Å². The zero-order valence-corrected chi connectivity index (χ0v) is 14.4. The van der Waals surface area contributed by atoms with E-state index in [9.17, 15) is 12.8 Å². The molecule has 0 aliphatic carbocycles. The lowest BCUT2D eigenvalue weighted by Gasteiger charge is -2.22. The summed E-state index contributed by atoms with van der Waals surface area (Å²) in [5, 5.41) is 0. The number of halogens is 1. The van der Waals surface area contributed by atoms with Crippen molar-refractivity contribution < 1.29 is 12.8 Å². The van der Waals surface area contributed by atoms with Crippen molar-refractivity contribution in [3.8, 4) is 0 Å². The predicted octanol–water partition coefficient (Wildman–Crippen LogP) is 4.22. The number of hydrogen-bond acceptors (Lipinski definition) is 2. The van der Waals surface area contributed by atoms with Gasteiger partial charge in [-0.3, -0.25) is 0 Å². The second kappa shape index (κ2) is 7.59. The third kappa shape index (κ3) is 4.32. The van der Waals surface area contributed by atoms with Crippen molar-refractivity contribution in [2.45, 2.75) is 18.0 Å². The Hall–Kier alpha value is -2.50. The van der Waals surface area contributed by atoms with Crippen LogP contribution >= 0.6 is 0 Å². The van der Waals surface area contributed by atoms with E-state index in [2.05, 4.69) is 0 Å². The van der Waals surface area contributed by atoms with Crippen LogP contribution in [0.25, 0.3) is 0 Å². The van der Waals surface area contributed by atoms with Gasteiger partial charge in [0.05, 0.1) is 4.90 Å². The average molecular weight is 355 g/mol. The first kappa shape index (κ1) is 17.3. The summed E-state index contributed by atoms with van der Waals surface area (Å²) in [7, 11) is -3.75. The fourth-order valence-electron chi connectivity index (χ4n) is 2.56. The van der Waals surface area contributed by atoms with Crippen molar-refractivity contribution >= 4 is 10.0 Å². The van der Waals surface area contributed by atoms with Crippen LogP contribution in [0.4, 0.5) is 4.39 Å². The Balaban J connectivity index is 1.95. The van der Waals surface area contributed by atoms with Crippen molar-refractivity contribution in [1.29, 1.82) is 0 Å². The van der Waals surface area contributed by atoms with Crippen molar-refractivity contribution in [1.82, 2.24) is 4.31 Å². The molecule has 0 heterocycles. The molecule has 0 saturated heterocycles. The average Bonchev–Trinajstić information content (AvgIpc) is 2.63. The minimum absolute atomic E-state index is 0.0840. The molecule has 128 valence electrons. The van der Waals surface area contributed by atoms with Gasteiger partial charge < -0.3 is 0 Å². The highest BCUT2D eigenvalue weighted by Crippen LogP contribution is 2.21. The Morgan fingerprint density at radius 3 is 1.56 bits per heavy atom. The fourth-order valence-corrected chi connectivity index (χ4v) is 3.97. The van der Waals surface area contributed by atoms with Crippen LogP contribution in [0, 0.1) is 5.82 Å². The number of nitrogens with zero attached hydrogens (tertiary/aromatic N) is 1. The molecule has 3 aromatic carbocycles. The van der Waals surface area contributed by atoms with Crippen LogP contribution in [0.1, 0.15) is 11.1 Å². The summed E-state index contributed by atoms with van der Waals surface area (Å²) < 4.78 is 40.7. The molecule has 0 aliphatic rings. The van der Waals surface area contributed by atoms with E-state index in [1.165, 1.54) is 16.4 Å². The van der Waals surface area contributed by atoms with Gasteiger partial charge in [-0.2, -0.15) is 4.31 Å². The Bertz CT molecular complexity index is 869. The van der Waals surface area contributed by atoms with E-state index in [-0.39, 0.29) is 18.0 Å². The molecule has 3 rings (SSSR count). The normalized spacial score (nSPS) is 11.6. The lowest BCUT2D eigenvalue weighted by Crippen LogP contribution is -2.30. The topological polar surface area (TPSA) is 37.4 Å². The molecule has 25 heavy (non-hydrogen) atoms. The predicted molar refractivity (Wildman–Crippen MR) is 95.7 cm³/mol. The van der Waals surface area contributed by atoms with E-state index in [0.29, 0.717) is 0 Å². The monoisotopic (exact) mass is 355 g/mol. The van der Waals surface area contributed by atoms with Gasteiger partial charge in [0.2, 0.25) is 10.0 Å². The van der Waals surface area contributed by atoms with Gasteiger partial charge in [-0.1, -0.05) is 60.7 Å². The second-order valence-corrected chi connectivity index (χ2v) is 7.64. The van der Waals surface area contributed by atoms with E-state index in [1.807, 2.05) is 60.7 Å². The van der Waals surface area contributed by atoms with E-state index in [1.54, 1.807) is 0 Å². The van der Waals surface area contributed by atoms with E-state index in [4.69, 9.17) is 0 Å². The molecule has 3 aromatic rings. The molecular formula is C20H18FNO2S. The Morgan fingerprint density at radius 2 is 1.12 bits per heavy atom. The highest BCUT2D eigenvalue weighted by atomic mass is 32.2. The molecule has 0 unspecified atom stereocenters. The summed E-state index contributed by atoms with van der Waals surface area (Å²) in [4.78, 5) is 0.0840. The quantitative estimate of drug-likeness (QED) is 0.664. The lowest BCUT2D eigenvalue weighted by molar-refractivity contribution is 0.401. The van der Waals surface area contributed by atoms with Crippen molar-refractivity contribution in [2.75, 3.05) is 0 Å². The summed E-state index contributed by atoms with van der Waals surface area (Å²) in [6.45, 7) is 0.491. The molecule has 0 N–H and O–H groups in total. The van der Waals surface area contributed by atoms with Crippen molar-refractivity contribution in [3.05, 3.63) is 102 Å². The summed E-state index contributed by atoms with van der Waals surface area (Å²) in [5.74, 6) is -0.461. The molecule has 0 amide bonds. The first-order valence-corrected chi connectivity index (χ1v) is 9.33. The molecule has 0 saturated carbocycles. The Labute approximate surface area is 147 Å². The van der Waals surface area contributed by atoms with Crippen LogP contribution in [-0.4, -0.2) is 12.7 Å². The molecule has 5 heteroatoms. The zero-order chi connectivity index (χ0) is 17.7. The standard InChI is InChI=1S/C20H18FNO2S/c21-19-11-13-20(14-12-19)25(23,24)22(15-17-7-3-1-4-8-17)16-18-9-5-2-6-10-18/h1-14H,15-16H2. The Kier molecular flexibility index (Phi) is 5.26. The summed E-state index contributed by atoms with van der Waals surface area (Å²) in [6.07, 6.45) is 0. The molecule has 0 fully saturated rings. The van der Waals surface area contributed by atoms with Crippen LogP contribution in [-0.2, 0) is 23.1 Å². The van der Waals surface area contributed by atoms with E-state index >= 15 is 0 Å². The molecular weight excluding hydrogens is 337 g/mol. The van der Waals surface area contributed by atoms with Crippen molar-refractivity contribution in [2.24, 2.45) is 0 Å². The zero-order valence-electron chi connectivity index (χ0n) is 13.5. The van der Waals surface area contributed by atoms with Gasteiger partial charge in [0.1, 0.15) is 5.82 Å². The highest BCUT2D eigenvalue weighted by molar-refractivity contribution is 7.89. The number of rotatable bonds is 6. The van der Waals surface area contributed by atoms with Gasteiger partial charge in [0, 0.05) is 13.1 Å². The van der Waals surface area contributed by atoms with Crippen LogP contribution in [0.15, 0.2) is 89.8 Å². The third-order valence-electron chi connectivity index (χ3n) is 3.85. The van der Waals surface area contributed by atoms with Gasteiger partial charge in [0.15, 0.2) is 0 Å². The van der Waals surface area contributed by atoms with E-state index < -0.39 is 15.8 Å². The first-order chi connectivity index (χ1) is 12.1. The van der Waals surface area contributed by atoms with Crippen LogP contribution in [0.5, 0.6) is 0 Å². The SMILES string of the molecule is O=S(=O)(c1ccc(F)cc1)N(Cc1ccccc1)Cc1ccccc1. The first-order valence-electron chi connectivity index (χ1n) is 7.89. The Morgan fingerprint density at radius 1 is 0.680 bits per heavy atom.